The number of hydrogen-bond donors (Lipinski definition) is 0. The molecule has 0 bridgehead atoms. The third-order valence-corrected chi connectivity index (χ3v) is 3.84. The third-order valence-electron chi connectivity index (χ3n) is 3.84. The number of hydrogen-bond acceptors (Lipinski definition) is 3. The zero-order valence-electron chi connectivity index (χ0n) is 12.7. The smallest absolute Gasteiger partial charge is 0.166 e. The van der Waals surface area contributed by atoms with Crippen molar-refractivity contribution in [2.24, 2.45) is 5.92 Å². The predicted molar refractivity (Wildman–Crippen MR) is 83.2 cm³/mol. The molecule has 1 atom stereocenters. The van der Waals surface area contributed by atoms with E-state index in [0.717, 1.165) is 42.8 Å². The molecule has 0 N–H and O–H groups in total. The second kappa shape index (κ2) is 7.21. The SMILES string of the molecule is CCCCOc1ccc(C2=CC(=O)[C@H](C(C)=O)CC2)cc1. The lowest BCUT2D eigenvalue weighted by atomic mass is 9.84. The number of benzene rings is 1. The summed E-state index contributed by atoms with van der Waals surface area (Å²) in [5.41, 5.74) is 2.05. The lowest BCUT2D eigenvalue weighted by Crippen LogP contribution is -2.23. The Kier molecular flexibility index (Phi) is 5.32. The van der Waals surface area contributed by atoms with Gasteiger partial charge in [0, 0.05) is 0 Å². The molecular formula is C18H22O3. The van der Waals surface area contributed by atoms with E-state index in [1.165, 1.54) is 6.92 Å². The van der Waals surface area contributed by atoms with Crippen LogP contribution in [-0.2, 0) is 9.59 Å². The second-order valence-electron chi connectivity index (χ2n) is 5.50. The van der Waals surface area contributed by atoms with Crippen LogP contribution >= 0.6 is 0 Å². The minimum atomic E-state index is -0.439. The van der Waals surface area contributed by atoms with Crippen molar-refractivity contribution in [3.63, 3.8) is 0 Å². The van der Waals surface area contributed by atoms with Gasteiger partial charge in [0.05, 0.1) is 12.5 Å². The van der Waals surface area contributed by atoms with Crippen LogP contribution in [0.4, 0.5) is 0 Å². The van der Waals surface area contributed by atoms with Crippen LogP contribution < -0.4 is 4.74 Å². The quantitative estimate of drug-likeness (QED) is 0.590. The molecule has 2 rings (SSSR count). The second-order valence-corrected chi connectivity index (χ2v) is 5.50. The highest BCUT2D eigenvalue weighted by Crippen LogP contribution is 2.29. The molecule has 0 saturated carbocycles. The Morgan fingerprint density at radius 2 is 2.00 bits per heavy atom. The molecule has 0 heterocycles. The molecule has 0 aliphatic heterocycles. The van der Waals surface area contributed by atoms with Gasteiger partial charge in [-0.3, -0.25) is 9.59 Å². The Balaban J connectivity index is 2.04. The van der Waals surface area contributed by atoms with E-state index in [4.69, 9.17) is 4.74 Å². The van der Waals surface area contributed by atoms with Crippen LogP contribution in [0.3, 0.4) is 0 Å². The maximum atomic E-state index is 11.9. The Morgan fingerprint density at radius 3 is 2.57 bits per heavy atom. The largest absolute Gasteiger partial charge is 0.494 e. The van der Waals surface area contributed by atoms with Crippen LogP contribution in [0.2, 0.25) is 0 Å². The van der Waals surface area contributed by atoms with Crippen LogP contribution in [0.25, 0.3) is 5.57 Å². The van der Waals surface area contributed by atoms with Gasteiger partial charge in [0.2, 0.25) is 0 Å². The highest BCUT2D eigenvalue weighted by Gasteiger charge is 2.26. The third kappa shape index (κ3) is 4.03. The first-order valence-electron chi connectivity index (χ1n) is 7.60. The van der Waals surface area contributed by atoms with E-state index in [-0.39, 0.29) is 11.6 Å². The minimum Gasteiger partial charge on any atom is -0.494 e. The van der Waals surface area contributed by atoms with Crippen molar-refractivity contribution in [2.45, 2.75) is 39.5 Å². The Hall–Kier alpha value is -1.90. The zero-order valence-corrected chi connectivity index (χ0v) is 12.7. The van der Waals surface area contributed by atoms with E-state index in [0.29, 0.717) is 6.42 Å². The van der Waals surface area contributed by atoms with Gasteiger partial charge in [0.15, 0.2) is 5.78 Å². The van der Waals surface area contributed by atoms with Gasteiger partial charge in [-0.1, -0.05) is 25.5 Å². The number of ether oxygens (including phenoxy) is 1. The summed E-state index contributed by atoms with van der Waals surface area (Å²) in [6.07, 6.45) is 5.18. The van der Waals surface area contributed by atoms with Gasteiger partial charge < -0.3 is 4.74 Å². The summed E-state index contributed by atoms with van der Waals surface area (Å²) in [4.78, 5) is 23.3. The van der Waals surface area contributed by atoms with Gasteiger partial charge in [0.25, 0.3) is 0 Å². The molecule has 21 heavy (non-hydrogen) atoms. The van der Waals surface area contributed by atoms with Gasteiger partial charge in [-0.15, -0.1) is 0 Å². The van der Waals surface area contributed by atoms with Crippen molar-refractivity contribution >= 4 is 17.1 Å². The van der Waals surface area contributed by atoms with E-state index in [1.54, 1.807) is 6.08 Å². The summed E-state index contributed by atoms with van der Waals surface area (Å²) in [6, 6.07) is 7.84. The molecule has 1 aliphatic rings. The van der Waals surface area contributed by atoms with E-state index in [1.807, 2.05) is 24.3 Å². The topological polar surface area (TPSA) is 43.4 Å². The van der Waals surface area contributed by atoms with Crippen molar-refractivity contribution in [1.82, 2.24) is 0 Å². The molecule has 3 nitrogen and oxygen atoms in total. The maximum absolute atomic E-state index is 11.9. The lowest BCUT2D eigenvalue weighted by molar-refractivity contribution is -0.129. The highest BCUT2D eigenvalue weighted by atomic mass is 16.5. The highest BCUT2D eigenvalue weighted by molar-refractivity contribution is 6.10. The average molecular weight is 286 g/mol. The summed E-state index contributed by atoms with van der Waals surface area (Å²) in [6.45, 7) is 4.36. The van der Waals surface area contributed by atoms with E-state index >= 15 is 0 Å². The molecule has 0 radical (unpaired) electrons. The van der Waals surface area contributed by atoms with Gasteiger partial charge in [0.1, 0.15) is 11.5 Å². The first-order valence-corrected chi connectivity index (χ1v) is 7.60. The Morgan fingerprint density at radius 1 is 1.29 bits per heavy atom. The van der Waals surface area contributed by atoms with Crippen molar-refractivity contribution in [1.29, 1.82) is 0 Å². The van der Waals surface area contributed by atoms with Crippen molar-refractivity contribution in [2.75, 3.05) is 6.61 Å². The van der Waals surface area contributed by atoms with Crippen LogP contribution in [0.15, 0.2) is 30.3 Å². The molecule has 1 aromatic rings. The first kappa shape index (κ1) is 15.5. The summed E-state index contributed by atoms with van der Waals surface area (Å²) >= 11 is 0. The predicted octanol–water partition coefficient (Wildman–Crippen LogP) is 3.82. The van der Waals surface area contributed by atoms with Crippen molar-refractivity contribution in [3.8, 4) is 5.75 Å². The molecule has 112 valence electrons. The molecule has 0 unspecified atom stereocenters. The molecule has 1 aromatic carbocycles. The fourth-order valence-corrected chi connectivity index (χ4v) is 2.52. The number of carbonyl (C=O) groups excluding carboxylic acids is 2. The number of carbonyl (C=O) groups is 2. The molecule has 0 saturated heterocycles. The molecule has 0 spiro atoms. The van der Waals surface area contributed by atoms with Crippen molar-refractivity contribution < 1.29 is 14.3 Å². The summed E-state index contributed by atoms with van der Waals surface area (Å²) in [7, 11) is 0. The average Bonchev–Trinajstić information content (AvgIpc) is 2.48. The van der Waals surface area contributed by atoms with E-state index in [2.05, 4.69) is 6.92 Å². The van der Waals surface area contributed by atoms with Gasteiger partial charge >= 0.3 is 0 Å². The standard InChI is InChI=1S/C18H22O3/c1-3-4-11-21-16-8-5-14(6-9-16)15-7-10-17(13(2)19)18(20)12-15/h5-6,8-9,12,17H,3-4,7,10-11H2,1-2H3/t17-/m0/s1. The normalized spacial score (nSPS) is 18.3. The maximum Gasteiger partial charge on any atom is 0.166 e. The lowest BCUT2D eigenvalue weighted by Gasteiger charge is -2.19. The number of Topliss-reactive ketones (excluding diaryl/α,β-unsaturated/α-hetero) is 1. The zero-order chi connectivity index (χ0) is 15.2. The van der Waals surface area contributed by atoms with Crippen molar-refractivity contribution in [3.05, 3.63) is 35.9 Å². The summed E-state index contributed by atoms with van der Waals surface area (Å²) in [5.74, 6) is 0.323. The van der Waals surface area contributed by atoms with E-state index < -0.39 is 5.92 Å². The number of ketones is 2. The van der Waals surface area contributed by atoms with Crippen LogP contribution in [0.1, 0.15) is 45.1 Å². The molecular weight excluding hydrogens is 264 g/mol. The fraction of sp³-hybridized carbons (Fsp3) is 0.444. The van der Waals surface area contributed by atoms with Crippen LogP contribution in [-0.4, -0.2) is 18.2 Å². The summed E-state index contributed by atoms with van der Waals surface area (Å²) in [5, 5.41) is 0. The molecule has 0 aromatic heterocycles. The van der Waals surface area contributed by atoms with Crippen LogP contribution in [0.5, 0.6) is 5.75 Å². The minimum absolute atomic E-state index is 0.0324. The fourth-order valence-electron chi connectivity index (χ4n) is 2.52. The Labute approximate surface area is 126 Å². The van der Waals surface area contributed by atoms with Gasteiger partial charge in [-0.25, -0.2) is 0 Å². The molecule has 1 aliphatic carbocycles. The van der Waals surface area contributed by atoms with Gasteiger partial charge in [-0.2, -0.15) is 0 Å². The molecule has 0 fully saturated rings. The van der Waals surface area contributed by atoms with Crippen LogP contribution in [0, 0.1) is 5.92 Å². The monoisotopic (exact) mass is 286 g/mol. The van der Waals surface area contributed by atoms with E-state index in [9.17, 15) is 9.59 Å². The first-order chi connectivity index (χ1) is 10.1. The number of allylic oxidation sites excluding steroid dienone is 2. The Bertz CT molecular complexity index is 540. The summed E-state index contributed by atoms with van der Waals surface area (Å²) < 4.78 is 5.63. The molecule has 3 heteroatoms. The number of rotatable bonds is 6. The van der Waals surface area contributed by atoms with Gasteiger partial charge in [-0.05, 0) is 55.5 Å². The number of unbranched alkanes of at least 4 members (excludes halogenated alkanes) is 1. The molecule has 0 amide bonds.